The lowest BCUT2D eigenvalue weighted by atomic mass is 9.69. The van der Waals surface area contributed by atoms with Crippen LogP contribution in [0.5, 0.6) is 0 Å². The molecule has 4 unspecified atom stereocenters. The lowest BCUT2D eigenvalue weighted by molar-refractivity contribution is 0.171. The van der Waals surface area contributed by atoms with Gasteiger partial charge in [-0.3, -0.25) is 0 Å². The van der Waals surface area contributed by atoms with Gasteiger partial charge in [-0.15, -0.1) is 11.8 Å². The minimum absolute atomic E-state index is 0.617. The Balaban J connectivity index is 1.59. The first-order valence-electron chi connectivity index (χ1n) is 7.58. The van der Waals surface area contributed by atoms with Crippen LogP contribution in [0.1, 0.15) is 43.6 Å². The molecule has 1 aromatic carbocycles. The Labute approximate surface area is 128 Å². The van der Waals surface area contributed by atoms with Crippen LogP contribution in [0.3, 0.4) is 0 Å². The molecule has 2 aliphatic carbocycles. The largest absolute Gasteiger partial charge is 0.125 e. The number of hydrogen-bond acceptors (Lipinski definition) is 1. The third-order valence-corrected chi connectivity index (χ3v) is 8.19. The highest BCUT2D eigenvalue weighted by Crippen LogP contribution is 2.61. The summed E-state index contributed by atoms with van der Waals surface area (Å²) >= 11 is 5.95. The molecule has 1 aromatic rings. The topological polar surface area (TPSA) is 0 Å². The highest BCUT2D eigenvalue weighted by Gasteiger charge is 2.51. The van der Waals surface area contributed by atoms with E-state index in [0.717, 1.165) is 17.8 Å². The van der Waals surface area contributed by atoms with Gasteiger partial charge < -0.3 is 0 Å². The Bertz CT molecular complexity index is 486. The van der Waals surface area contributed by atoms with E-state index in [1.165, 1.54) is 43.2 Å². The smallest absolute Gasteiger partial charge is 0.0107 e. The van der Waals surface area contributed by atoms with Crippen molar-refractivity contribution in [1.82, 2.24) is 0 Å². The molecule has 102 valence electrons. The summed E-state index contributed by atoms with van der Waals surface area (Å²) in [4.78, 5) is 1.54. The maximum atomic E-state index is 3.88. The van der Waals surface area contributed by atoms with Crippen LogP contribution in [0.15, 0.2) is 29.2 Å². The van der Waals surface area contributed by atoms with Gasteiger partial charge in [-0.1, -0.05) is 40.5 Å². The third kappa shape index (κ3) is 2.01. The summed E-state index contributed by atoms with van der Waals surface area (Å²) in [6.07, 6.45) is 7.44. The van der Waals surface area contributed by atoms with Gasteiger partial charge in [0.25, 0.3) is 0 Å². The van der Waals surface area contributed by atoms with E-state index >= 15 is 0 Å². The van der Waals surface area contributed by atoms with Crippen molar-refractivity contribution >= 4 is 27.7 Å². The zero-order valence-electron chi connectivity index (χ0n) is 11.3. The summed E-state index contributed by atoms with van der Waals surface area (Å²) in [5.74, 6) is 4.17. The second kappa shape index (κ2) is 4.80. The summed E-state index contributed by atoms with van der Waals surface area (Å²) in [6, 6.07) is 9.09. The molecule has 19 heavy (non-hydrogen) atoms. The molecule has 2 fully saturated rings. The highest BCUT2D eigenvalue weighted by molar-refractivity contribution is 9.09. The molecular formula is C17H21BrS. The van der Waals surface area contributed by atoms with Crippen molar-refractivity contribution in [2.75, 3.05) is 11.1 Å². The predicted octanol–water partition coefficient (Wildman–Crippen LogP) is 5.47. The Morgan fingerprint density at radius 3 is 2.89 bits per heavy atom. The number of alkyl halides is 1. The molecule has 2 heteroatoms. The molecule has 1 aliphatic heterocycles. The summed E-state index contributed by atoms with van der Waals surface area (Å²) < 4.78 is 0. The van der Waals surface area contributed by atoms with Gasteiger partial charge in [0, 0.05) is 16.0 Å². The van der Waals surface area contributed by atoms with E-state index in [0.29, 0.717) is 5.41 Å². The average molecular weight is 337 g/mol. The molecule has 2 saturated carbocycles. The molecule has 3 aliphatic rings. The standard InChI is InChI=1S/C17H21BrS/c18-11-17(8-12-5-6-14(17)7-12)9-13-10-19-16-4-2-1-3-15(13)16/h1-4,12-14H,5-11H2. The van der Waals surface area contributed by atoms with Gasteiger partial charge in [0.05, 0.1) is 0 Å². The van der Waals surface area contributed by atoms with Crippen LogP contribution in [0.25, 0.3) is 0 Å². The molecule has 0 N–H and O–H groups in total. The molecule has 0 amide bonds. The molecule has 0 spiro atoms. The average Bonchev–Trinajstić information content (AvgIpc) is 3.14. The van der Waals surface area contributed by atoms with Crippen LogP contribution in [0.4, 0.5) is 0 Å². The number of thioether (sulfide) groups is 1. The highest BCUT2D eigenvalue weighted by atomic mass is 79.9. The molecule has 4 atom stereocenters. The van der Waals surface area contributed by atoms with E-state index in [1.54, 1.807) is 10.5 Å². The van der Waals surface area contributed by atoms with Gasteiger partial charge in [0.2, 0.25) is 0 Å². The molecule has 4 rings (SSSR count). The van der Waals surface area contributed by atoms with E-state index in [4.69, 9.17) is 0 Å². The third-order valence-electron chi connectivity index (χ3n) is 5.82. The number of benzene rings is 1. The van der Waals surface area contributed by atoms with Crippen molar-refractivity contribution in [3.05, 3.63) is 29.8 Å². The van der Waals surface area contributed by atoms with Crippen molar-refractivity contribution in [3.63, 3.8) is 0 Å². The minimum atomic E-state index is 0.617. The van der Waals surface area contributed by atoms with Crippen LogP contribution in [-0.4, -0.2) is 11.1 Å². The molecule has 0 radical (unpaired) electrons. The van der Waals surface area contributed by atoms with Gasteiger partial charge in [-0.05, 0) is 60.5 Å². The second-order valence-corrected chi connectivity index (χ2v) is 8.45. The normalized spacial score (nSPS) is 39.7. The zero-order chi connectivity index (χ0) is 12.9. The molecule has 0 saturated heterocycles. The van der Waals surface area contributed by atoms with Crippen LogP contribution in [0.2, 0.25) is 0 Å². The summed E-state index contributed by atoms with van der Waals surface area (Å²) in [5, 5.41) is 1.23. The van der Waals surface area contributed by atoms with Crippen LogP contribution < -0.4 is 0 Å². The fourth-order valence-electron chi connectivity index (χ4n) is 4.92. The van der Waals surface area contributed by atoms with Crippen LogP contribution in [-0.2, 0) is 0 Å². The fraction of sp³-hybridized carbons (Fsp3) is 0.647. The first-order valence-corrected chi connectivity index (χ1v) is 9.69. The zero-order valence-corrected chi connectivity index (χ0v) is 13.7. The number of hydrogen-bond donors (Lipinski definition) is 0. The molecule has 0 aromatic heterocycles. The van der Waals surface area contributed by atoms with E-state index in [2.05, 4.69) is 52.0 Å². The summed E-state index contributed by atoms with van der Waals surface area (Å²) in [7, 11) is 0. The lowest BCUT2D eigenvalue weighted by Gasteiger charge is -2.38. The molecule has 2 bridgehead atoms. The second-order valence-electron chi connectivity index (χ2n) is 6.83. The van der Waals surface area contributed by atoms with Gasteiger partial charge in [0.15, 0.2) is 0 Å². The van der Waals surface area contributed by atoms with Crippen molar-refractivity contribution in [1.29, 1.82) is 0 Å². The van der Waals surface area contributed by atoms with Crippen molar-refractivity contribution in [2.45, 2.75) is 42.9 Å². The van der Waals surface area contributed by atoms with Crippen LogP contribution >= 0.6 is 27.7 Å². The van der Waals surface area contributed by atoms with E-state index in [1.807, 2.05) is 0 Å². The van der Waals surface area contributed by atoms with Crippen molar-refractivity contribution in [2.24, 2.45) is 17.3 Å². The summed E-state index contributed by atoms with van der Waals surface area (Å²) in [5.41, 5.74) is 2.25. The molecule has 0 nitrogen and oxygen atoms in total. The van der Waals surface area contributed by atoms with E-state index < -0.39 is 0 Å². The Morgan fingerprint density at radius 2 is 2.16 bits per heavy atom. The molecule has 1 heterocycles. The monoisotopic (exact) mass is 336 g/mol. The summed E-state index contributed by atoms with van der Waals surface area (Å²) in [6.45, 7) is 0. The maximum Gasteiger partial charge on any atom is 0.0107 e. The number of halogens is 1. The van der Waals surface area contributed by atoms with Gasteiger partial charge >= 0.3 is 0 Å². The quantitative estimate of drug-likeness (QED) is 0.659. The Kier molecular flexibility index (Phi) is 3.23. The van der Waals surface area contributed by atoms with Gasteiger partial charge in [-0.2, -0.15) is 0 Å². The first kappa shape index (κ1) is 12.8. The Hall–Kier alpha value is 0.0500. The number of rotatable bonds is 3. The van der Waals surface area contributed by atoms with Gasteiger partial charge in [0.1, 0.15) is 0 Å². The molecular weight excluding hydrogens is 316 g/mol. The van der Waals surface area contributed by atoms with Crippen molar-refractivity contribution in [3.8, 4) is 0 Å². The lowest BCUT2D eigenvalue weighted by Crippen LogP contribution is -2.31. The van der Waals surface area contributed by atoms with E-state index in [-0.39, 0.29) is 0 Å². The Morgan fingerprint density at radius 1 is 1.26 bits per heavy atom. The first-order chi connectivity index (χ1) is 9.31. The predicted molar refractivity (Wildman–Crippen MR) is 86.2 cm³/mol. The van der Waals surface area contributed by atoms with Crippen molar-refractivity contribution < 1.29 is 0 Å². The number of fused-ring (bicyclic) bond motifs is 3. The van der Waals surface area contributed by atoms with Gasteiger partial charge in [-0.25, -0.2) is 0 Å². The van der Waals surface area contributed by atoms with E-state index in [9.17, 15) is 0 Å². The minimum Gasteiger partial charge on any atom is -0.125 e. The SMILES string of the molecule is BrCC1(CC2CSc3ccccc32)CC2CCC1C2. The fourth-order valence-corrected chi connectivity index (χ4v) is 7.09. The maximum absolute atomic E-state index is 3.88. The van der Waals surface area contributed by atoms with Crippen LogP contribution in [0, 0.1) is 17.3 Å².